The van der Waals surface area contributed by atoms with Gasteiger partial charge < -0.3 is 20.3 Å². The zero-order valence-electron chi connectivity index (χ0n) is 21.8. The molecule has 0 aromatic carbocycles. The molecular formula is C29H40N2O5. The Labute approximate surface area is 214 Å². The van der Waals surface area contributed by atoms with E-state index >= 15 is 0 Å². The number of hydrogen-bond donors (Lipinski definition) is 3. The van der Waals surface area contributed by atoms with Crippen molar-refractivity contribution in [3.05, 3.63) is 36.2 Å². The molecule has 0 bridgehead atoms. The van der Waals surface area contributed by atoms with Gasteiger partial charge in [-0.1, -0.05) is 39.3 Å². The molecule has 1 aromatic rings. The SMILES string of the molecule is C#CCC1C(=O)C(C)(C)C(O)CC(=O)NC(C=Cc2ccccn2)CC2OC2(C)CCCC(C)C1O. The van der Waals surface area contributed by atoms with Gasteiger partial charge in [-0.3, -0.25) is 14.6 Å². The van der Waals surface area contributed by atoms with Crippen molar-refractivity contribution in [3.8, 4) is 12.3 Å². The minimum absolute atomic E-state index is 0.0125. The summed E-state index contributed by atoms with van der Waals surface area (Å²) in [5, 5.41) is 25.0. The number of Topliss-reactive ketones (excluding diaryl/α,β-unsaturated/α-hetero) is 1. The summed E-state index contributed by atoms with van der Waals surface area (Å²) < 4.78 is 6.05. The van der Waals surface area contributed by atoms with Crippen molar-refractivity contribution >= 4 is 17.8 Å². The van der Waals surface area contributed by atoms with Gasteiger partial charge in [0, 0.05) is 19.0 Å². The molecule has 0 spiro atoms. The molecule has 196 valence electrons. The van der Waals surface area contributed by atoms with Gasteiger partial charge in [-0.2, -0.15) is 0 Å². The maximum absolute atomic E-state index is 13.5. The third-order valence-electron chi connectivity index (χ3n) is 7.89. The van der Waals surface area contributed by atoms with Gasteiger partial charge in [-0.15, -0.1) is 12.3 Å². The number of terminal acetylenes is 1. The number of aliphatic hydroxyl groups excluding tert-OH is 2. The summed E-state index contributed by atoms with van der Waals surface area (Å²) in [5.74, 6) is 0.872. The second-order valence-corrected chi connectivity index (χ2v) is 11.1. The number of epoxide rings is 1. The fourth-order valence-electron chi connectivity index (χ4n) is 5.09. The van der Waals surface area contributed by atoms with E-state index in [-0.39, 0.29) is 48.2 Å². The van der Waals surface area contributed by atoms with Crippen LogP contribution < -0.4 is 5.32 Å². The van der Waals surface area contributed by atoms with Crippen LogP contribution in [0.5, 0.6) is 0 Å². The molecule has 7 unspecified atom stereocenters. The van der Waals surface area contributed by atoms with Crippen LogP contribution in [0.2, 0.25) is 0 Å². The van der Waals surface area contributed by atoms with Crippen LogP contribution in [-0.4, -0.2) is 56.8 Å². The Hall–Kier alpha value is -2.53. The molecule has 7 nitrogen and oxygen atoms in total. The quantitative estimate of drug-likeness (QED) is 0.437. The largest absolute Gasteiger partial charge is 0.392 e. The van der Waals surface area contributed by atoms with Gasteiger partial charge in [0.25, 0.3) is 0 Å². The van der Waals surface area contributed by atoms with E-state index in [1.54, 1.807) is 20.0 Å². The number of nitrogens with one attached hydrogen (secondary N) is 1. The van der Waals surface area contributed by atoms with Crippen LogP contribution >= 0.6 is 0 Å². The molecule has 0 saturated carbocycles. The van der Waals surface area contributed by atoms with Gasteiger partial charge in [0.15, 0.2) is 0 Å². The first-order chi connectivity index (χ1) is 17.0. The second kappa shape index (κ2) is 11.7. The number of rotatable bonds is 3. The van der Waals surface area contributed by atoms with Gasteiger partial charge in [0.05, 0.1) is 53.4 Å². The fraction of sp³-hybridized carbons (Fsp3) is 0.621. The topological polar surface area (TPSA) is 112 Å². The van der Waals surface area contributed by atoms with Gasteiger partial charge in [0.1, 0.15) is 5.78 Å². The maximum atomic E-state index is 13.5. The summed E-state index contributed by atoms with van der Waals surface area (Å²) in [5.41, 5.74) is -0.773. The molecule has 1 aromatic heterocycles. The highest BCUT2D eigenvalue weighted by Crippen LogP contribution is 2.44. The van der Waals surface area contributed by atoms with Crippen LogP contribution in [0, 0.1) is 29.6 Å². The van der Waals surface area contributed by atoms with E-state index in [0.717, 1.165) is 25.0 Å². The first-order valence-corrected chi connectivity index (χ1v) is 12.9. The molecule has 7 heteroatoms. The molecule has 1 amide bonds. The molecule has 7 atom stereocenters. The molecule has 2 saturated heterocycles. The maximum Gasteiger partial charge on any atom is 0.223 e. The summed E-state index contributed by atoms with van der Waals surface area (Å²) in [7, 11) is 0. The van der Waals surface area contributed by atoms with E-state index in [4.69, 9.17) is 11.2 Å². The van der Waals surface area contributed by atoms with Crippen molar-refractivity contribution in [1.29, 1.82) is 0 Å². The molecule has 2 aliphatic heterocycles. The summed E-state index contributed by atoms with van der Waals surface area (Å²) in [4.78, 5) is 30.7. The summed E-state index contributed by atoms with van der Waals surface area (Å²) in [6, 6.07) is 5.30. The van der Waals surface area contributed by atoms with Crippen LogP contribution in [0.15, 0.2) is 30.5 Å². The zero-order chi connectivity index (χ0) is 26.5. The molecule has 3 N–H and O–H groups in total. The van der Waals surface area contributed by atoms with Crippen molar-refractivity contribution in [3.63, 3.8) is 0 Å². The minimum Gasteiger partial charge on any atom is -0.392 e. The first kappa shape index (κ1) is 28.0. The lowest BCUT2D eigenvalue weighted by Gasteiger charge is -2.35. The predicted molar refractivity (Wildman–Crippen MR) is 138 cm³/mol. The number of ether oxygens (including phenoxy) is 1. The van der Waals surface area contributed by atoms with E-state index in [1.807, 2.05) is 37.3 Å². The highest BCUT2D eigenvalue weighted by atomic mass is 16.6. The average Bonchev–Trinajstić information content (AvgIpc) is 3.48. The summed E-state index contributed by atoms with van der Waals surface area (Å²) in [6.45, 7) is 7.21. The van der Waals surface area contributed by atoms with Crippen LogP contribution in [0.25, 0.3) is 6.08 Å². The van der Waals surface area contributed by atoms with Crippen LogP contribution in [0.3, 0.4) is 0 Å². The van der Waals surface area contributed by atoms with E-state index in [0.29, 0.717) is 6.42 Å². The van der Waals surface area contributed by atoms with Crippen molar-refractivity contribution in [2.45, 2.75) is 96.2 Å². The molecule has 3 heterocycles. The lowest BCUT2D eigenvalue weighted by atomic mass is 9.71. The number of nitrogens with zero attached hydrogens (tertiary/aromatic N) is 1. The standard InChI is InChI=1S/C29H40N2O5/c1-6-10-22-26(34)19(2)11-9-15-29(5)24(36-29)17-21(14-13-20-12-7-8-16-30-20)31-25(33)18-23(32)28(3,4)27(22)35/h1,7-8,12-14,16,19,21-24,26,32,34H,9-11,15,17-18H2,2-5H3,(H,31,33). The van der Waals surface area contributed by atoms with E-state index in [1.165, 1.54) is 0 Å². The number of pyridine rings is 1. The van der Waals surface area contributed by atoms with E-state index in [9.17, 15) is 19.8 Å². The number of hydrogen-bond acceptors (Lipinski definition) is 6. The lowest BCUT2D eigenvalue weighted by Crippen LogP contribution is -2.48. The van der Waals surface area contributed by atoms with Crippen LogP contribution in [-0.2, 0) is 14.3 Å². The second-order valence-electron chi connectivity index (χ2n) is 11.1. The Morgan fingerprint density at radius 1 is 1.28 bits per heavy atom. The molecule has 3 rings (SSSR count). The van der Waals surface area contributed by atoms with Crippen LogP contribution in [0.4, 0.5) is 0 Å². The predicted octanol–water partition coefficient (Wildman–Crippen LogP) is 3.29. The number of ketones is 1. The fourth-order valence-corrected chi connectivity index (χ4v) is 5.09. The molecule has 2 aliphatic rings. The number of carbonyl (C=O) groups excluding carboxylic acids is 2. The number of amides is 1. The van der Waals surface area contributed by atoms with Gasteiger partial charge in [0.2, 0.25) is 5.91 Å². The zero-order valence-corrected chi connectivity index (χ0v) is 21.8. The number of carbonyl (C=O) groups is 2. The van der Waals surface area contributed by atoms with Crippen molar-refractivity contribution in [2.24, 2.45) is 17.3 Å². The number of fused-ring (bicyclic) bond motifs is 1. The lowest BCUT2D eigenvalue weighted by molar-refractivity contribution is -0.143. The van der Waals surface area contributed by atoms with Crippen LogP contribution in [0.1, 0.15) is 71.9 Å². The minimum atomic E-state index is -1.26. The number of aromatic nitrogens is 1. The van der Waals surface area contributed by atoms with Crippen molar-refractivity contribution in [2.75, 3.05) is 0 Å². The molecule has 0 aliphatic carbocycles. The van der Waals surface area contributed by atoms with Gasteiger partial charge in [-0.25, -0.2) is 0 Å². The molecule has 2 fully saturated rings. The average molecular weight is 497 g/mol. The Kier molecular flexibility index (Phi) is 9.10. The smallest absolute Gasteiger partial charge is 0.223 e. The Bertz CT molecular complexity index is 985. The Balaban J connectivity index is 1.85. The highest BCUT2D eigenvalue weighted by Gasteiger charge is 2.52. The third-order valence-corrected chi connectivity index (χ3v) is 7.89. The molecular weight excluding hydrogens is 456 g/mol. The van der Waals surface area contributed by atoms with Gasteiger partial charge in [-0.05, 0) is 43.9 Å². The number of aliphatic hydroxyl groups is 2. The van der Waals surface area contributed by atoms with Gasteiger partial charge >= 0.3 is 0 Å². The van der Waals surface area contributed by atoms with Crippen molar-refractivity contribution < 1.29 is 24.5 Å². The van der Waals surface area contributed by atoms with Crippen molar-refractivity contribution in [1.82, 2.24) is 10.3 Å². The third kappa shape index (κ3) is 6.82. The Morgan fingerprint density at radius 2 is 2.03 bits per heavy atom. The van der Waals surface area contributed by atoms with E-state index in [2.05, 4.69) is 23.1 Å². The summed E-state index contributed by atoms with van der Waals surface area (Å²) >= 11 is 0. The Morgan fingerprint density at radius 3 is 2.69 bits per heavy atom. The normalized spacial score (nSPS) is 36.0. The first-order valence-electron chi connectivity index (χ1n) is 12.9. The monoisotopic (exact) mass is 496 g/mol. The molecule has 0 radical (unpaired) electrons. The van der Waals surface area contributed by atoms with E-state index < -0.39 is 23.5 Å². The highest BCUT2D eigenvalue weighted by molar-refractivity contribution is 5.88. The summed E-state index contributed by atoms with van der Waals surface area (Å²) in [6.07, 6.45) is 11.6. The molecule has 36 heavy (non-hydrogen) atoms.